The molecule has 0 aliphatic rings. The van der Waals surface area contributed by atoms with Gasteiger partial charge < -0.3 is 4.74 Å². The fourth-order valence-corrected chi connectivity index (χ4v) is 2.53. The van der Waals surface area contributed by atoms with E-state index in [4.69, 9.17) is 4.74 Å². The zero-order chi connectivity index (χ0) is 11.5. The first-order chi connectivity index (χ1) is 7.74. The summed E-state index contributed by atoms with van der Waals surface area (Å²) < 4.78 is 4.78. The van der Waals surface area contributed by atoms with Crippen LogP contribution in [0, 0.1) is 6.92 Å². The molecule has 0 bridgehead atoms. The molecule has 0 atom stereocenters. The van der Waals surface area contributed by atoms with E-state index in [1.807, 2.05) is 42.6 Å². The van der Waals surface area contributed by atoms with Crippen molar-refractivity contribution in [3.63, 3.8) is 0 Å². The molecule has 0 saturated heterocycles. The Morgan fingerprint density at radius 1 is 1.25 bits per heavy atom. The number of ether oxygens (including phenoxy) is 1. The molecule has 3 heteroatoms. The molecule has 0 aliphatic carbocycles. The highest BCUT2D eigenvalue weighted by molar-refractivity contribution is 7.10. The van der Waals surface area contributed by atoms with Gasteiger partial charge in [-0.1, -0.05) is 30.3 Å². The highest BCUT2D eigenvalue weighted by Crippen LogP contribution is 2.32. The standard InChI is InChI=1S/C13H12O2S/c1-9-12(10-6-4-3-5-7-10)11(8-16-9)13(14)15-2/h3-8H,1-2H3. The number of esters is 1. The maximum atomic E-state index is 11.6. The summed E-state index contributed by atoms with van der Waals surface area (Å²) in [6.45, 7) is 2.01. The van der Waals surface area contributed by atoms with Crippen LogP contribution < -0.4 is 0 Å². The third kappa shape index (κ3) is 1.86. The van der Waals surface area contributed by atoms with Crippen molar-refractivity contribution in [3.05, 3.63) is 46.2 Å². The summed E-state index contributed by atoms with van der Waals surface area (Å²) in [6, 6.07) is 9.90. The van der Waals surface area contributed by atoms with E-state index < -0.39 is 0 Å². The molecule has 1 heterocycles. The van der Waals surface area contributed by atoms with Crippen molar-refractivity contribution in [1.29, 1.82) is 0 Å². The van der Waals surface area contributed by atoms with Crippen LogP contribution in [0.25, 0.3) is 11.1 Å². The van der Waals surface area contributed by atoms with Gasteiger partial charge in [0.05, 0.1) is 12.7 Å². The van der Waals surface area contributed by atoms with E-state index in [1.165, 1.54) is 7.11 Å². The lowest BCUT2D eigenvalue weighted by Gasteiger charge is -2.04. The quantitative estimate of drug-likeness (QED) is 0.741. The zero-order valence-corrected chi connectivity index (χ0v) is 10.0. The van der Waals surface area contributed by atoms with Crippen LogP contribution in [0.15, 0.2) is 35.7 Å². The Bertz CT molecular complexity index is 500. The van der Waals surface area contributed by atoms with Crippen LogP contribution in [0.2, 0.25) is 0 Å². The summed E-state index contributed by atoms with van der Waals surface area (Å²) in [7, 11) is 1.41. The second-order valence-electron chi connectivity index (χ2n) is 3.44. The van der Waals surface area contributed by atoms with Crippen molar-refractivity contribution in [2.24, 2.45) is 0 Å². The van der Waals surface area contributed by atoms with Crippen LogP contribution in [-0.4, -0.2) is 13.1 Å². The topological polar surface area (TPSA) is 26.3 Å². The van der Waals surface area contributed by atoms with Crippen LogP contribution in [0.4, 0.5) is 0 Å². The molecule has 0 N–H and O–H groups in total. The van der Waals surface area contributed by atoms with Gasteiger partial charge in [0.15, 0.2) is 0 Å². The average molecular weight is 232 g/mol. The molecule has 2 nitrogen and oxygen atoms in total. The normalized spacial score (nSPS) is 10.1. The molecule has 1 aromatic carbocycles. The van der Waals surface area contributed by atoms with Crippen LogP contribution in [0.3, 0.4) is 0 Å². The number of rotatable bonds is 2. The number of hydrogen-bond acceptors (Lipinski definition) is 3. The SMILES string of the molecule is COC(=O)c1csc(C)c1-c1ccccc1. The second kappa shape index (κ2) is 4.49. The molecule has 0 spiro atoms. The van der Waals surface area contributed by atoms with Gasteiger partial charge in [0, 0.05) is 15.8 Å². The Morgan fingerprint density at radius 3 is 2.56 bits per heavy atom. The highest BCUT2D eigenvalue weighted by Gasteiger charge is 2.17. The first-order valence-electron chi connectivity index (χ1n) is 4.96. The van der Waals surface area contributed by atoms with E-state index in [0.717, 1.165) is 16.0 Å². The van der Waals surface area contributed by atoms with Crippen LogP contribution in [0.5, 0.6) is 0 Å². The minimum Gasteiger partial charge on any atom is -0.465 e. The Morgan fingerprint density at radius 2 is 1.94 bits per heavy atom. The van der Waals surface area contributed by atoms with Crippen LogP contribution >= 0.6 is 11.3 Å². The Balaban J connectivity index is 2.56. The third-order valence-corrected chi connectivity index (χ3v) is 3.35. The minimum atomic E-state index is -0.275. The first-order valence-corrected chi connectivity index (χ1v) is 5.84. The molecule has 0 amide bonds. The van der Waals surface area contributed by atoms with E-state index in [1.54, 1.807) is 11.3 Å². The average Bonchev–Trinajstić information content (AvgIpc) is 2.71. The van der Waals surface area contributed by atoms with Crippen LogP contribution in [0.1, 0.15) is 15.2 Å². The first kappa shape index (κ1) is 10.9. The highest BCUT2D eigenvalue weighted by atomic mass is 32.1. The van der Waals surface area contributed by atoms with Gasteiger partial charge in [-0.25, -0.2) is 4.79 Å². The van der Waals surface area contributed by atoms with Crippen molar-refractivity contribution >= 4 is 17.3 Å². The molecule has 0 radical (unpaired) electrons. The lowest BCUT2D eigenvalue weighted by atomic mass is 10.0. The molecule has 82 valence electrons. The molecule has 1 aromatic heterocycles. The zero-order valence-electron chi connectivity index (χ0n) is 9.19. The molecule has 2 aromatic rings. The Kier molecular flexibility index (Phi) is 3.06. The summed E-state index contributed by atoms with van der Waals surface area (Å²) in [6.07, 6.45) is 0. The Labute approximate surface area is 98.5 Å². The van der Waals surface area contributed by atoms with Gasteiger partial charge in [-0.05, 0) is 12.5 Å². The molecular weight excluding hydrogens is 220 g/mol. The second-order valence-corrected chi connectivity index (χ2v) is 4.52. The van der Waals surface area contributed by atoms with E-state index in [-0.39, 0.29) is 5.97 Å². The monoisotopic (exact) mass is 232 g/mol. The lowest BCUT2D eigenvalue weighted by molar-refractivity contribution is 0.0602. The maximum Gasteiger partial charge on any atom is 0.339 e. The number of aryl methyl sites for hydroxylation is 1. The number of methoxy groups -OCH3 is 1. The summed E-state index contributed by atoms with van der Waals surface area (Å²) in [4.78, 5) is 12.7. The van der Waals surface area contributed by atoms with Gasteiger partial charge in [-0.15, -0.1) is 11.3 Å². The van der Waals surface area contributed by atoms with Crippen LogP contribution in [-0.2, 0) is 4.74 Å². The van der Waals surface area contributed by atoms with Crippen molar-refractivity contribution in [2.75, 3.05) is 7.11 Å². The molecule has 16 heavy (non-hydrogen) atoms. The largest absolute Gasteiger partial charge is 0.465 e. The number of thiophene rings is 1. The summed E-state index contributed by atoms with van der Waals surface area (Å²) >= 11 is 1.57. The predicted octanol–water partition coefficient (Wildman–Crippen LogP) is 3.51. The van der Waals surface area contributed by atoms with Crippen molar-refractivity contribution in [1.82, 2.24) is 0 Å². The van der Waals surface area contributed by atoms with E-state index in [9.17, 15) is 4.79 Å². The number of benzene rings is 1. The third-order valence-electron chi connectivity index (χ3n) is 2.44. The molecule has 0 aliphatic heterocycles. The van der Waals surface area contributed by atoms with Gasteiger partial charge in [-0.3, -0.25) is 0 Å². The van der Waals surface area contributed by atoms with E-state index >= 15 is 0 Å². The molecule has 0 saturated carbocycles. The summed E-state index contributed by atoms with van der Waals surface area (Å²) in [5.74, 6) is -0.275. The summed E-state index contributed by atoms with van der Waals surface area (Å²) in [5, 5.41) is 1.85. The smallest absolute Gasteiger partial charge is 0.339 e. The number of hydrogen-bond donors (Lipinski definition) is 0. The van der Waals surface area contributed by atoms with Crippen molar-refractivity contribution < 1.29 is 9.53 Å². The lowest BCUT2D eigenvalue weighted by Crippen LogP contribution is -2.01. The van der Waals surface area contributed by atoms with Gasteiger partial charge in [0.2, 0.25) is 0 Å². The fraction of sp³-hybridized carbons (Fsp3) is 0.154. The van der Waals surface area contributed by atoms with E-state index in [0.29, 0.717) is 5.56 Å². The van der Waals surface area contributed by atoms with Crippen molar-refractivity contribution in [3.8, 4) is 11.1 Å². The van der Waals surface area contributed by atoms with Gasteiger partial charge in [0.1, 0.15) is 0 Å². The molecule has 0 fully saturated rings. The summed E-state index contributed by atoms with van der Waals surface area (Å²) in [5.41, 5.74) is 2.69. The van der Waals surface area contributed by atoms with Crippen molar-refractivity contribution in [2.45, 2.75) is 6.92 Å². The van der Waals surface area contributed by atoms with Gasteiger partial charge in [-0.2, -0.15) is 0 Å². The fourth-order valence-electron chi connectivity index (χ4n) is 1.68. The maximum absolute atomic E-state index is 11.6. The molecule has 2 rings (SSSR count). The number of carbonyl (C=O) groups is 1. The number of carbonyl (C=O) groups excluding carboxylic acids is 1. The minimum absolute atomic E-state index is 0.275. The Hall–Kier alpha value is -1.61. The van der Waals surface area contributed by atoms with E-state index in [2.05, 4.69) is 0 Å². The van der Waals surface area contributed by atoms with Gasteiger partial charge in [0.25, 0.3) is 0 Å². The predicted molar refractivity (Wildman–Crippen MR) is 65.8 cm³/mol. The molecular formula is C13H12O2S. The van der Waals surface area contributed by atoms with Gasteiger partial charge >= 0.3 is 5.97 Å². The molecule has 0 unspecified atom stereocenters.